The molecule has 0 bridgehead atoms. The van der Waals surface area contributed by atoms with Gasteiger partial charge in [0.1, 0.15) is 11.5 Å². The van der Waals surface area contributed by atoms with Crippen LogP contribution in [0.1, 0.15) is 24.2 Å². The highest BCUT2D eigenvalue weighted by Crippen LogP contribution is 2.27. The molecule has 120 valence electrons. The maximum Gasteiger partial charge on any atom is 0.343 e. The van der Waals surface area contributed by atoms with Gasteiger partial charge in [0.05, 0.1) is 21.1 Å². The second-order valence-corrected chi connectivity index (χ2v) is 5.81. The van der Waals surface area contributed by atoms with E-state index in [4.69, 9.17) is 9.47 Å². The maximum atomic E-state index is 12.1. The van der Waals surface area contributed by atoms with Gasteiger partial charge >= 0.3 is 5.97 Å². The predicted octanol–water partition coefficient (Wildman–Crippen LogP) is 4.36. The van der Waals surface area contributed by atoms with Crippen molar-refractivity contribution < 1.29 is 19.2 Å². The molecular formula is C16H14BrNO5. The van der Waals surface area contributed by atoms with Gasteiger partial charge in [-0.1, -0.05) is 0 Å². The SMILES string of the molecule is CC(C)Oc1ccc(C(=O)Oc2ccc([N+](=O)[O-])cc2)cc1Br. The van der Waals surface area contributed by atoms with Crippen LogP contribution in [0.4, 0.5) is 5.69 Å². The topological polar surface area (TPSA) is 78.7 Å². The van der Waals surface area contributed by atoms with E-state index in [1.54, 1.807) is 18.2 Å². The fourth-order valence-electron chi connectivity index (χ4n) is 1.78. The quantitative estimate of drug-likeness (QED) is 0.333. The zero-order valence-corrected chi connectivity index (χ0v) is 14.1. The molecule has 0 aliphatic carbocycles. The number of carbonyl (C=O) groups is 1. The molecule has 2 rings (SSSR count). The average molecular weight is 380 g/mol. The number of nitro groups is 1. The third-order valence-electron chi connectivity index (χ3n) is 2.79. The van der Waals surface area contributed by atoms with Crippen LogP contribution < -0.4 is 9.47 Å². The number of nitrogens with zero attached hydrogens (tertiary/aromatic N) is 1. The van der Waals surface area contributed by atoms with Crippen molar-refractivity contribution in [3.05, 3.63) is 62.6 Å². The fraction of sp³-hybridized carbons (Fsp3) is 0.188. The minimum Gasteiger partial charge on any atom is -0.490 e. The molecule has 0 N–H and O–H groups in total. The first-order valence-electron chi connectivity index (χ1n) is 6.79. The first-order chi connectivity index (χ1) is 10.9. The number of hydrogen-bond donors (Lipinski definition) is 0. The van der Waals surface area contributed by atoms with Crippen molar-refractivity contribution in [1.29, 1.82) is 0 Å². The fourth-order valence-corrected chi connectivity index (χ4v) is 2.25. The molecule has 0 saturated carbocycles. The summed E-state index contributed by atoms with van der Waals surface area (Å²) in [6.45, 7) is 3.81. The van der Waals surface area contributed by atoms with Crippen molar-refractivity contribution in [2.45, 2.75) is 20.0 Å². The Bertz CT molecular complexity index is 728. The van der Waals surface area contributed by atoms with Crippen LogP contribution in [0.2, 0.25) is 0 Å². The highest BCUT2D eigenvalue weighted by molar-refractivity contribution is 9.10. The summed E-state index contributed by atoms with van der Waals surface area (Å²) in [5, 5.41) is 10.6. The summed E-state index contributed by atoms with van der Waals surface area (Å²) in [6, 6.07) is 10.2. The van der Waals surface area contributed by atoms with Crippen molar-refractivity contribution in [3.8, 4) is 11.5 Å². The van der Waals surface area contributed by atoms with E-state index in [-0.39, 0.29) is 17.5 Å². The standard InChI is InChI=1S/C16H14BrNO5/c1-10(2)22-15-8-3-11(9-14(15)17)16(19)23-13-6-4-12(5-7-13)18(20)21/h3-10H,1-2H3. The lowest BCUT2D eigenvalue weighted by Crippen LogP contribution is -2.10. The Morgan fingerprint density at radius 3 is 2.35 bits per heavy atom. The maximum absolute atomic E-state index is 12.1. The molecule has 0 aliphatic rings. The van der Waals surface area contributed by atoms with Crippen LogP contribution in [0.5, 0.6) is 11.5 Å². The zero-order chi connectivity index (χ0) is 17.0. The van der Waals surface area contributed by atoms with Crippen LogP contribution in [-0.4, -0.2) is 17.0 Å². The lowest BCUT2D eigenvalue weighted by Gasteiger charge is -2.12. The van der Waals surface area contributed by atoms with Gasteiger partial charge in [-0.2, -0.15) is 0 Å². The number of carbonyl (C=O) groups excluding carboxylic acids is 1. The molecule has 2 aromatic carbocycles. The smallest absolute Gasteiger partial charge is 0.343 e. The number of nitro benzene ring substituents is 1. The van der Waals surface area contributed by atoms with Gasteiger partial charge in [0.25, 0.3) is 5.69 Å². The van der Waals surface area contributed by atoms with Gasteiger partial charge in [-0.05, 0) is 60.1 Å². The van der Waals surface area contributed by atoms with Gasteiger partial charge in [-0.3, -0.25) is 10.1 Å². The molecule has 0 aromatic heterocycles. The van der Waals surface area contributed by atoms with E-state index >= 15 is 0 Å². The molecule has 0 fully saturated rings. The van der Waals surface area contributed by atoms with Gasteiger partial charge in [0, 0.05) is 12.1 Å². The third-order valence-corrected chi connectivity index (χ3v) is 3.41. The minimum atomic E-state index is -0.560. The van der Waals surface area contributed by atoms with Crippen molar-refractivity contribution >= 4 is 27.6 Å². The molecule has 0 unspecified atom stereocenters. The predicted molar refractivity (Wildman–Crippen MR) is 88.0 cm³/mol. The highest BCUT2D eigenvalue weighted by atomic mass is 79.9. The van der Waals surface area contributed by atoms with Crippen molar-refractivity contribution in [2.75, 3.05) is 0 Å². The molecule has 0 amide bonds. The lowest BCUT2D eigenvalue weighted by molar-refractivity contribution is -0.384. The molecule has 0 atom stereocenters. The van der Waals surface area contributed by atoms with Crippen LogP contribution in [-0.2, 0) is 0 Å². The normalized spacial score (nSPS) is 10.4. The Morgan fingerprint density at radius 1 is 1.17 bits per heavy atom. The Kier molecular flexibility index (Phi) is 5.33. The van der Waals surface area contributed by atoms with E-state index < -0.39 is 10.9 Å². The van der Waals surface area contributed by atoms with E-state index in [1.165, 1.54) is 24.3 Å². The number of halogens is 1. The molecule has 0 spiro atoms. The van der Waals surface area contributed by atoms with Crippen LogP contribution in [0.3, 0.4) is 0 Å². The number of non-ortho nitro benzene ring substituents is 1. The molecule has 0 aliphatic heterocycles. The second kappa shape index (κ2) is 7.23. The summed E-state index contributed by atoms with van der Waals surface area (Å²) in [6.07, 6.45) is 0.0178. The van der Waals surface area contributed by atoms with Gasteiger partial charge < -0.3 is 9.47 Å². The molecule has 6 nitrogen and oxygen atoms in total. The van der Waals surface area contributed by atoms with Gasteiger partial charge in [0.15, 0.2) is 0 Å². The van der Waals surface area contributed by atoms with Crippen LogP contribution in [0.25, 0.3) is 0 Å². The molecule has 0 heterocycles. The Morgan fingerprint density at radius 2 is 1.83 bits per heavy atom. The summed E-state index contributed by atoms with van der Waals surface area (Å²) in [7, 11) is 0. The molecule has 0 saturated heterocycles. The van der Waals surface area contributed by atoms with Crippen LogP contribution in [0.15, 0.2) is 46.9 Å². The summed E-state index contributed by atoms with van der Waals surface area (Å²) in [4.78, 5) is 22.2. The lowest BCUT2D eigenvalue weighted by atomic mass is 10.2. The van der Waals surface area contributed by atoms with Gasteiger partial charge in [0.2, 0.25) is 0 Å². The average Bonchev–Trinajstić information content (AvgIpc) is 2.49. The monoisotopic (exact) mass is 379 g/mol. The molecule has 23 heavy (non-hydrogen) atoms. The molecule has 0 radical (unpaired) electrons. The summed E-state index contributed by atoms with van der Waals surface area (Å²) < 4.78 is 11.4. The van der Waals surface area contributed by atoms with Crippen molar-refractivity contribution in [1.82, 2.24) is 0 Å². The van der Waals surface area contributed by atoms with Crippen molar-refractivity contribution in [2.24, 2.45) is 0 Å². The van der Waals surface area contributed by atoms with Crippen molar-refractivity contribution in [3.63, 3.8) is 0 Å². The van der Waals surface area contributed by atoms with Crippen LogP contribution in [0, 0.1) is 10.1 Å². The third kappa shape index (κ3) is 4.53. The number of esters is 1. The zero-order valence-electron chi connectivity index (χ0n) is 12.5. The van der Waals surface area contributed by atoms with E-state index in [1.807, 2.05) is 13.8 Å². The Labute approximate surface area is 141 Å². The first-order valence-corrected chi connectivity index (χ1v) is 7.59. The van der Waals surface area contributed by atoms with E-state index in [9.17, 15) is 14.9 Å². The molecular weight excluding hydrogens is 366 g/mol. The van der Waals surface area contributed by atoms with Gasteiger partial charge in [-0.25, -0.2) is 4.79 Å². The first kappa shape index (κ1) is 17.0. The molecule has 2 aromatic rings. The number of benzene rings is 2. The summed E-state index contributed by atoms with van der Waals surface area (Å²) in [5.74, 6) is 0.307. The van der Waals surface area contributed by atoms with Gasteiger partial charge in [-0.15, -0.1) is 0 Å². The largest absolute Gasteiger partial charge is 0.490 e. The number of rotatable bonds is 5. The van der Waals surface area contributed by atoms with E-state index in [0.29, 0.717) is 15.8 Å². The van der Waals surface area contributed by atoms with E-state index in [2.05, 4.69) is 15.9 Å². The van der Waals surface area contributed by atoms with E-state index in [0.717, 1.165) is 0 Å². The highest BCUT2D eigenvalue weighted by Gasteiger charge is 2.13. The minimum absolute atomic E-state index is 0.0178. The second-order valence-electron chi connectivity index (χ2n) is 4.95. The summed E-state index contributed by atoms with van der Waals surface area (Å²) >= 11 is 3.35. The number of ether oxygens (including phenoxy) is 2. The molecule has 7 heteroatoms. The number of hydrogen-bond acceptors (Lipinski definition) is 5. The van der Waals surface area contributed by atoms with Crippen LogP contribution >= 0.6 is 15.9 Å². The Balaban J connectivity index is 2.11. The Hall–Kier alpha value is -2.41. The summed E-state index contributed by atoms with van der Waals surface area (Å²) in [5.41, 5.74) is 0.272.